The molecule has 1 aromatic rings. The molecule has 1 aliphatic rings. The summed E-state index contributed by atoms with van der Waals surface area (Å²) in [5.41, 5.74) is 1.23. The van der Waals surface area contributed by atoms with Crippen LogP contribution in [0.15, 0.2) is 35.3 Å². The third-order valence-electron chi connectivity index (χ3n) is 5.28. The second kappa shape index (κ2) is 12.8. The topological polar surface area (TPSA) is 66.9 Å². The Bertz CT molecular complexity index is 586. The van der Waals surface area contributed by atoms with Gasteiger partial charge in [0.15, 0.2) is 5.96 Å². The number of nitrogens with one attached hydrogen (secondary N) is 3. The van der Waals surface area contributed by atoms with Gasteiger partial charge in [0.05, 0.1) is 0 Å². The Morgan fingerprint density at radius 2 is 1.93 bits per heavy atom. The van der Waals surface area contributed by atoms with Gasteiger partial charge in [-0.3, -0.25) is 4.99 Å². The van der Waals surface area contributed by atoms with Gasteiger partial charge in [0.2, 0.25) is 0 Å². The number of rotatable bonds is 11. The molecule has 1 fully saturated rings. The number of benzene rings is 1. The molecule has 0 spiro atoms. The van der Waals surface area contributed by atoms with E-state index in [9.17, 15) is 0 Å². The number of nitrogens with zero attached hydrogens (tertiary/aromatic N) is 1. The lowest BCUT2D eigenvalue weighted by Crippen LogP contribution is -2.52. The van der Waals surface area contributed by atoms with Crippen molar-refractivity contribution in [2.45, 2.75) is 51.6 Å². The Morgan fingerprint density at radius 3 is 2.62 bits per heavy atom. The maximum Gasteiger partial charge on any atom is 0.191 e. The van der Waals surface area contributed by atoms with Crippen LogP contribution in [0.1, 0.15) is 51.6 Å². The van der Waals surface area contributed by atoms with E-state index in [0.29, 0.717) is 5.92 Å². The second-order valence-electron chi connectivity index (χ2n) is 8.50. The summed E-state index contributed by atoms with van der Waals surface area (Å²) in [6.07, 6.45) is 3.22. The zero-order valence-electron chi connectivity index (χ0n) is 18.7. The molecule has 0 saturated carbocycles. The molecule has 0 aliphatic carbocycles. The molecule has 0 aromatic heterocycles. The van der Waals surface area contributed by atoms with E-state index >= 15 is 0 Å². The molecule has 1 heterocycles. The summed E-state index contributed by atoms with van der Waals surface area (Å²) in [5.74, 6) is 1.50. The highest BCUT2D eigenvalue weighted by molar-refractivity contribution is 5.79. The van der Waals surface area contributed by atoms with Crippen molar-refractivity contribution in [2.24, 2.45) is 10.9 Å². The molecular weight excluding hydrogens is 364 g/mol. The monoisotopic (exact) mass is 404 g/mol. The van der Waals surface area contributed by atoms with E-state index in [2.05, 4.69) is 72.0 Å². The fraction of sp³-hybridized carbons (Fsp3) is 0.696. The first-order valence-corrected chi connectivity index (χ1v) is 10.9. The predicted octanol–water partition coefficient (Wildman–Crippen LogP) is 3.11. The molecule has 0 radical (unpaired) electrons. The third-order valence-corrected chi connectivity index (χ3v) is 5.28. The van der Waals surface area contributed by atoms with Crippen molar-refractivity contribution in [1.29, 1.82) is 0 Å². The van der Waals surface area contributed by atoms with E-state index in [1.54, 1.807) is 0 Å². The van der Waals surface area contributed by atoms with Crippen molar-refractivity contribution in [3.63, 3.8) is 0 Å². The van der Waals surface area contributed by atoms with Gasteiger partial charge < -0.3 is 25.4 Å². The van der Waals surface area contributed by atoms with Gasteiger partial charge in [0, 0.05) is 58.1 Å². The Labute approximate surface area is 176 Å². The van der Waals surface area contributed by atoms with Crippen molar-refractivity contribution in [2.75, 3.05) is 46.6 Å². The van der Waals surface area contributed by atoms with E-state index in [1.807, 2.05) is 7.05 Å². The number of aliphatic imine (C=N–C) groups is 1. The molecule has 0 amide bonds. The van der Waals surface area contributed by atoms with Gasteiger partial charge in [-0.2, -0.15) is 0 Å². The van der Waals surface area contributed by atoms with Crippen LogP contribution < -0.4 is 16.0 Å². The van der Waals surface area contributed by atoms with Crippen LogP contribution in [0.3, 0.4) is 0 Å². The smallest absolute Gasteiger partial charge is 0.191 e. The van der Waals surface area contributed by atoms with Crippen LogP contribution in [0, 0.1) is 5.92 Å². The van der Waals surface area contributed by atoms with Gasteiger partial charge in [-0.25, -0.2) is 0 Å². The zero-order chi connectivity index (χ0) is 21.0. The SMILES string of the molecule is CN=C(NCCCOCC1CCOCC1)NCC(C)(C)NC(C)c1ccccc1. The van der Waals surface area contributed by atoms with Crippen LogP contribution in [0.25, 0.3) is 0 Å². The molecule has 6 nitrogen and oxygen atoms in total. The molecule has 2 rings (SSSR count). The summed E-state index contributed by atoms with van der Waals surface area (Å²) in [4.78, 5) is 4.33. The first kappa shape index (κ1) is 23.6. The average molecular weight is 405 g/mol. The molecule has 1 aromatic carbocycles. The summed E-state index contributed by atoms with van der Waals surface area (Å²) in [6, 6.07) is 10.8. The average Bonchev–Trinajstić information content (AvgIpc) is 2.73. The number of ether oxygens (including phenoxy) is 2. The molecule has 3 N–H and O–H groups in total. The minimum Gasteiger partial charge on any atom is -0.381 e. The molecule has 29 heavy (non-hydrogen) atoms. The van der Waals surface area contributed by atoms with Gasteiger partial charge in [0.1, 0.15) is 0 Å². The largest absolute Gasteiger partial charge is 0.381 e. The second-order valence-corrected chi connectivity index (χ2v) is 8.50. The predicted molar refractivity (Wildman–Crippen MR) is 120 cm³/mol. The van der Waals surface area contributed by atoms with E-state index in [1.165, 1.54) is 5.56 Å². The summed E-state index contributed by atoms with van der Waals surface area (Å²) in [5, 5.41) is 10.5. The molecule has 1 aliphatic heterocycles. The summed E-state index contributed by atoms with van der Waals surface area (Å²) < 4.78 is 11.2. The first-order chi connectivity index (χ1) is 14.0. The van der Waals surface area contributed by atoms with E-state index in [0.717, 1.165) is 64.7 Å². The molecule has 0 bridgehead atoms. The van der Waals surface area contributed by atoms with Gasteiger partial charge in [-0.15, -0.1) is 0 Å². The van der Waals surface area contributed by atoms with E-state index in [4.69, 9.17) is 9.47 Å². The van der Waals surface area contributed by atoms with E-state index < -0.39 is 0 Å². The highest BCUT2D eigenvalue weighted by Gasteiger charge is 2.21. The maximum atomic E-state index is 5.82. The molecule has 6 heteroatoms. The Kier molecular flexibility index (Phi) is 10.5. The minimum atomic E-state index is -0.0697. The fourth-order valence-electron chi connectivity index (χ4n) is 3.53. The van der Waals surface area contributed by atoms with Crippen molar-refractivity contribution >= 4 is 5.96 Å². The third kappa shape index (κ3) is 9.61. The van der Waals surface area contributed by atoms with Crippen molar-refractivity contribution < 1.29 is 9.47 Å². The summed E-state index contributed by atoms with van der Waals surface area (Å²) in [7, 11) is 1.81. The fourth-order valence-corrected chi connectivity index (χ4v) is 3.53. The lowest BCUT2D eigenvalue weighted by molar-refractivity contribution is 0.0203. The van der Waals surface area contributed by atoms with Crippen LogP contribution in [-0.2, 0) is 9.47 Å². The van der Waals surface area contributed by atoms with Crippen LogP contribution in [-0.4, -0.2) is 58.1 Å². The standard InChI is InChI=1S/C23H40N4O2/c1-19(21-9-6-5-7-10-21)27-23(2,3)18-26-22(24-4)25-13-8-14-29-17-20-11-15-28-16-12-20/h5-7,9-10,19-20,27H,8,11-18H2,1-4H3,(H2,24,25,26). The Morgan fingerprint density at radius 1 is 1.21 bits per heavy atom. The van der Waals surface area contributed by atoms with Crippen molar-refractivity contribution in [3.8, 4) is 0 Å². The van der Waals surface area contributed by atoms with Crippen LogP contribution in [0.2, 0.25) is 0 Å². The summed E-state index contributed by atoms with van der Waals surface area (Å²) >= 11 is 0. The van der Waals surface area contributed by atoms with Crippen LogP contribution in [0.4, 0.5) is 0 Å². The zero-order valence-corrected chi connectivity index (χ0v) is 18.7. The molecule has 1 saturated heterocycles. The summed E-state index contributed by atoms with van der Waals surface area (Å²) in [6.45, 7) is 11.6. The van der Waals surface area contributed by atoms with Gasteiger partial charge in [-0.1, -0.05) is 30.3 Å². The van der Waals surface area contributed by atoms with Crippen LogP contribution in [0.5, 0.6) is 0 Å². The Balaban J connectivity index is 1.59. The lowest BCUT2D eigenvalue weighted by atomic mass is 10.0. The lowest BCUT2D eigenvalue weighted by Gasteiger charge is -2.31. The number of guanidine groups is 1. The Hall–Kier alpha value is -1.63. The molecule has 1 atom stereocenters. The number of hydrogen-bond acceptors (Lipinski definition) is 4. The van der Waals surface area contributed by atoms with Crippen molar-refractivity contribution in [1.82, 2.24) is 16.0 Å². The molecular formula is C23H40N4O2. The number of hydrogen-bond donors (Lipinski definition) is 3. The quantitative estimate of drug-likeness (QED) is 0.300. The highest BCUT2D eigenvalue weighted by atomic mass is 16.5. The van der Waals surface area contributed by atoms with E-state index in [-0.39, 0.29) is 11.6 Å². The maximum absolute atomic E-state index is 5.82. The minimum absolute atomic E-state index is 0.0697. The van der Waals surface area contributed by atoms with Crippen LogP contribution >= 0.6 is 0 Å². The molecule has 1 unspecified atom stereocenters. The highest BCUT2D eigenvalue weighted by Crippen LogP contribution is 2.16. The molecule has 164 valence electrons. The first-order valence-electron chi connectivity index (χ1n) is 10.9. The van der Waals surface area contributed by atoms with Gasteiger partial charge >= 0.3 is 0 Å². The van der Waals surface area contributed by atoms with Crippen molar-refractivity contribution in [3.05, 3.63) is 35.9 Å². The normalized spacial score (nSPS) is 17.2. The van der Waals surface area contributed by atoms with Gasteiger partial charge in [0.25, 0.3) is 0 Å². The van der Waals surface area contributed by atoms with Gasteiger partial charge in [-0.05, 0) is 51.5 Å².